The second-order valence-corrected chi connectivity index (χ2v) is 5.14. The number of rotatable bonds is 2. The van der Waals surface area contributed by atoms with Gasteiger partial charge in [-0.3, -0.25) is 4.79 Å². The third-order valence-corrected chi connectivity index (χ3v) is 3.66. The van der Waals surface area contributed by atoms with Crippen molar-refractivity contribution in [3.05, 3.63) is 23.2 Å². The number of piperidine rings is 1. The molecule has 0 saturated carbocycles. The fourth-order valence-electron chi connectivity index (χ4n) is 2.35. The zero-order valence-corrected chi connectivity index (χ0v) is 11.1. The van der Waals surface area contributed by atoms with Crippen LogP contribution in [0.2, 0.25) is 5.02 Å². The Kier molecular flexibility index (Phi) is 4.14. The van der Waals surface area contributed by atoms with Crippen molar-refractivity contribution in [2.24, 2.45) is 11.7 Å². The van der Waals surface area contributed by atoms with Gasteiger partial charge in [-0.15, -0.1) is 0 Å². The van der Waals surface area contributed by atoms with E-state index in [9.17, 15) is 4.79 Å². The zero-order valence-electron chi connectivity index (χ0n) is 10.3. The molecule has 1 saturated heterocycles. The first-order chi connectivity index (χ1) is 8.63. The van der Waals surface area contributed by atoms with Crippen LogP contribution >= 0.6 is 11.6 Å². The Morgan fingerprint density at radius 1 is 1.67 bits per heavy atom. The topological polar surface area (TPSA) is 72.1 Å². The monoisotopic (exact) mass is 268 g/mol. The van der Waals surface area contributed by atoms with Crippen molar-refractivity contribution in [3.8, 4) is 0 Å². The summed E-state index contributed by atoms with van der Waals surface area (Å²) >= 11 is 5.95. The maximum absolute atomic E-state index is 12.4. The number of carbonyl (C=O) groups is 1. The van der Waals surface area contributed by atoms with Crippen molar-refractivity contribution < 1.29 is 4.79 Å². The SMILES string of the molecule is CC1CCN(C(=O)c2ncncc2Cl)C(CN)C1. The summed E-state index contributed by atoms with van der Waals surface area (Å²) in [7, 11) is 0. The molecule has 2 atom stereocenters. The van der Waals surface area contributed by atoms with Crippen LogP contribution in [0, 0.1) is 5.92 Å². The van der Waals surface area contributed by atoms with Gasteiger partial charge in [0.1, 0.15) is 12.0 Å². The van der Waals surface area contributed by atoms with Crippen LogP contribution in [0.1, 0.15) is 30.3 Å². The minimum absolute atomic E-state index is 0.0762. The number of amides is 1. The molecule has 1 fully saturated rings. The van der Waals surface area contributed by atoms with Crippen molar-refractivity contribution in [2.75, 3.05) is 13.1 Å². The highest BCUT2D eigenvalue weighted by Gasteiger charge is 2.31. The fourth-order valence-corrected chi connectivity index (χ4v) is 2.53. The maximum atomic E-state index is 12.4. The summed E-state index contributed by atoms with van der Waals surface area (Å²) in [5.41, 5.74) is 6.01. The van der Waals surface area contributed by atoms with E-state index in [0.29, 0.717) is 19.0 Å². The molecule has 6 heteroatoms. The molecule has 2 unspecified atom stereocenters. The molecule has 1 aromatic heterocycles. The third-order valence-electron chi connectivity index (χ3n) is 3.38. The minimum atomic E-state index is -0.148. The maximum Gasteiger partial charge on any atom is 0.274 e. The van der Waals surface area contributed by atoms with E-state index in [-0.39, 0.29) is 22.7 Å². The minimum Gasteiger partial charge on any atom is -0.333 e. The van der Waals surface area contributed by atoms with Crippen LogP contribution in [-0.2, 0) is 0 Å². The van der Waals surface area contributed by atoms with E-state index in [4.69, 9.17) is 17.3 Å². The molecule has 0 radical (unpaired) electrons. The van der Waals surface area contributed by atoms with Crippen LogP contribution in [0.3, 0.4) is 0 Å². The molecule has 0 spiro atoms. The van der Waals surface area contributed by atoms with E-state index in [2.05, 4.69) is 16.9 Å². The predicted octanol–water partition coefficient (Wildman–Crippen LogP) is 1.33. The molecule has 1 aliphatic rings. The summed E-state index contributed by atoms with van der Waals surface area (Å²) in [6, 6.07) is 0.0762. The van der Waals surface area contributed by atoms with Gasteiger partial charge in [0, 0.05) is 25.3 Å². The van der Waals surface area contributed by atoms with Gasteiger partial charge in [0.15, 0.2) is 0 Å². The Bertz CT molecular complexity index is 440. The smallest absolute Gasteiger partial charge is 0.274 e. The van der Waals surface area contributed by atoms with Crippen LogP contribution < -0.4 is 5.73 Å². The molecular weight excluding hydrogens is 252 g/mol. The quantitative estimate of drug-likeness (QED) is 0.878. The molecule has 0 aromatic carbocycles. The lowest BCUT2D eigenvalue weighted by Crippen LogP contribution is -2.49. The highest BCUT2D eigenvalue weighted by molar-refractivity contribution is 6.33. The van der Waals surface area contributed by atoms with Crippen LogP contribution in [0.4, 0.5) is 0 Å². The van der Waals surface area contributed by atoms with Gasteiger partial charge in [0.05, 0.1) is 5.02 Å². The molecule has 2 N–H and O–H groups in total. The zero-order chi connectivity index (χ0) is 13.1. The normalized spacial score (nSPS) is 24.1. The van der Waals surface area contributed by atoms with Crippen LogP contribution in [-0.4, -0.2) is 39.9 Å². The number of aromatic nitrogens is 2. The molecule has 1 aromatic rings. The molecule has 98 valence electrons. The summed E-state index contributed by atoms with van der Waals surface area (Å²) < 4.78 is 0. The number of carbonyl (C=O) groups excluding carboxylic acids is 1. The molecule has 5 nitrogen and oxygen atoms in total. The van der Waals surface area contributed by atoms with Gasteiger partial charge in [0.25, 0.3) is 5.91 Å². The van der Waals surface area contributed by atoms with Crippen molar-refractivity contribution >= 4 is 17.5 Å². The van der Waals surface area contributed by atoms with Gasteiger partial charge < -0.3 is 10.6 Å². The molecule has 2 heterocycles. The van der Waals surface area contributed by atoms with Gasteiger partial charge in [-0.25, -0.2) is 9.97 Å². The largest absolute Gasteiger partial charge is 0.333 e. The molecule has 0 bridgehead atoms. The van der Waals surface area contributed by atoms with Crippen molar-refractivity contribution in [2.45, 2.75) is 25.8 Å². The standard InChI is InChI=1S/C12H17ClN4O/c1-8-2-3-17(9(4-8)5-14)12(18)11-10(13)6-15-7-16-11/h6-9H,2-5,14H2,1H3. The van der Waals surface area contributed by atoms with Crippen LogP contribution in [0.15, 0.2) is 12.5 Å². The number of likely N-dealkylation sites (tertiary alicyclic amines) is 1. The average molecular weight is 269 g/mol. The number of halogens is 1. The molecule has 1 aliphatic heterocycles. The molecule has 18 heavy (non-hydrogen) atoms. The molecule has 0 aliphatic carbocycles. The Balaban J connectivity index is 2.20. The molecule has 2 rings (SSSR count). The first kappa shape index (κ1) is 13.2. The first-order valence-electron chi connectivity index (χ1n) is 6.10. The highest BCUT2D eigenvalue weighted by Crippen LogP contribution is 2.24. The summed E-state index contributed by atoms with van der Waals surface area (Å²) in [6.45, 7) is 3.36. The molecule has 1 amide bonds. The van der Waals surface area contributed by atoms with Crippen molar-refractivity contribution in [3.63, 3.8) is 0 Å². The van der Waals surface area contributed by atoms with E-state index >= 15 is 0 Å². The van der Waals surface area contributed by atoms with E-state index in [1.54, 1.807) is 4.90 Å². The second kappa shape index (κ2) is 5.63. The van der Waals surface area contributed by atoms with E-state index in [1.807, 2.05) is 0 Å². The number of hydrogen-bond donors (Lipinski definition) is 1. The molecular formula is C12H17ClN4O. The average Bonchev–Trinajstić information content (AvgIpc) is 2.38. The Labute approximate surface area is 111 Å². The second-order valence-electron chi connectivity index (χ2n) is 4.74. The van der Waals surface area contributed by atoms with Gasteiger partial charge >= 0.3 is 0 Å². The van der Waals surface area contributed by atoms with Gasteiger partial charge in [0.2, 0.25) is 0 Å². The number of hydrogen-bond acceptors (Lipinski definition) is 4. The number of nitrogens with zero attached hydrogens (tertiary/aromatic N) is 3. The summed E-state index contributed by atoms with van der Waals surface area (Å²) in [5.74, 6) is 0.452. The van der Waals surface area contributed by atoms with Crippen LogP contribution in [0.25, 0.3) is 0 Å². The summed E-state index contributed by atoms with van der Waals surface area (Å²) in [6.07, 6.45) is 4.70. The van der Waals surface area contributed by atoms with Crippen molar-refractivity contribution in [1.29, 1.82) is 0 Å². The van der Waals surface area contributed by atoms with Gasteiger partial charge in [-0.2, -0.15) is 0 Å². The fraction of sp³-hybridized carbons (Fsp3) is 0.583. The Morgan fingerprint density at radius 3 is 3.11 bits per heavy atom. The lowest BCUT2D eigenvalue weighted by molar-refractivity contribution is 0.0567. The lowest BCUT2D eigenvalue weighted by atomic mass is 9.92. The third kappa shape index (κ3) is 2.62. The number of nitrogens with two attached hydrogens (primary N) is 1. The predicted molar refractivity (Wildman–Crippen MR) is 69.3 cm³/mol. The Morgan fingerprint density at radius 2 is 2.44 bits per heavy atom. The van der Waals surface area contributed by atoms with E-state index in [0.717, 1.165) is 12.8 Å². The van der Waals surface area contributed by atoms with E-state index < -0.39 is 0 Å². The lowest BCUT2D eigenvalue weighted by Gasteiger charge is -2.37. The summed E-state index contributed by atoms with van der Waals surface area (Å²) in [5, 5.41) is 0.289. The van der Waals surface area contributed by atoms with Crippen LogP contribution in [0.5, 0.6) is 0 Å². The van der Waals surface area contributed by atoms with E-state index in [1.165, 1.54) is 12.5 Å². The Hall–Kier alpha value is -1.20. The highest BCUT2D eigenvalue weighted by atomic mass is 35.5. The van der Waals surface area contributed by atoms with Gasteiger partial charge in [-0.1, -0.05) is 18.5 Å². The van der Waals surface area contributed by atoms with Gasteiger partial charge in [-0.05, 0) is 18.8 Å². The first-order valence-corrected chi connectivity index (χ1v) is 6.47. The summed E-state index contributed by atoms with van der Waals surface area (Å²) in [4.78, 5) is 21.9. The van der Waals surface area contributed by atoms with Crippen molar-refractivity contribution in [1.82, 2.24) is 14.9 Å².